The van der Waals surface area contributed by atoms with Gasteiger partial charge in [-0.05, 0) is 56.8 Å². The van der Waals surface area contributed by atoms with E-state index in [9.17, 15) is 18.7 Å². The van der Waals surface area contributed by atoms with Gasteiger partial charge in [0.25, 0.3) is 5.95 Å². The van der Waals surface area contributed by atoms with Gasteiger partial charge < -0.3 is 19.7 Å². The maximum atomic E-state index is 13.1. The van der Waals surface area contributed by atoms with Crippen LogP contribution in [0.15, 0.2) is 16.7 Å². The van der Waals surface area contributed by atoms with Crippen molar-refractivity contribution in [3.8, 4) is 17.1 Å². The number of hydrogen-bond donors (Lipinski definition) is 2. The highest BCUT2D eigenvalue weighted by atomic mass is 19.3. The summed E-state index contributed by atoms with van der Waals surface area (Å²) in [5.74, 6) is -3.05. The molecular weight excluding hydrogens is 476 g/mol. The van der Waals surface area contributed by atoms with Crippen molar-refractivity contribution in [1.82, 2.24) is 30.1 Å². The largest absolute Gasteiger partial charge is 0.489 e. The predicted molar refractivity (Wildman–Crippen MR) is 124 cm³/mol. The topological polar surface area (TPSA) is 141 Å². The Kier molecular flexibility index (Phi) is 7.45. The first-order valence-corrected chi connectivity index (χ1v) is 11.8. The molecule has 3 aromatic rings. The minimum Gasteiger partial charge on any atom is -0.489 e. The molecule has 1 aliphatic carbocycles. The van der Waals surface area contributed by atoms with E-state index in [0.717, 1.165) is 19.8 Å². The van der Waals surface area contributed by atoms with E-state index in [-0.39, 0.29) is 43.2 Å². The van der Waals surface area contributed by atoms with Gasteiger partial charge in [0.2, 0.25) is 11.8 Å². The molecule has 0 aliphatic heterocycles. The van der Waals surface area contributed by atoms with Crippen LogP contribution in [0.5, 0.6) is 5.75 Å². The molecule has 2 atom stereocenters. The minimum absolute atomic E-state index is 0.0217. The normalized spacial score (nSPS) is 18.2. The third-order valence-corrected chi connectivity index (χ3v) is 6.15. The van der Waals surface area contributed by atoms with Gasteiger partial charge in [0.1, 0.15) is 11.4 Å². The van der Waals surface area contributed by atoms with E-state index in [4.69, 9.17) is 9.26 Å². The molecule has 0 aromatic carbocycles. The Morgan fingerprint density at radius 3 is 2.86 bits per heavy atom. The van der Waals surface area contributed by atoms with Gasteiger partial charge in [-0.1, -0.05) is 5.21 Å². The van der Waals surface area contributed by atoms with Crippen molar-refractivity contribution in [2.24, 2.45) is 13.0 Å². The quantitative estimate of drug-likeness (QED) is 0.418. The van der Waals surface area contributed by atoms with Crippen LogP contribution in [0, 0.1) is 12.8 Å². The fourth-order valence-corrected chi connectivity index (χ4v) is 4.15. The number of nitrogens with zero attached hydrogens (tertiary/aromatic N) is 6. The lowest BCUT2D eigenvalue weighted by molar-refractivity contribution is -0.143. The predicted octanol–water partition coefficient (Wildman–Crippen LogP) is 3.79. The lowest BCUT2D eigenvalue weighted by atomic mass is 9.87. The Morgan fingerprint density at radius 2 is 2.14 bits per heavy atom. The van der Waals surface area contributed by atoms with Crippen molar-refractivity contribution in [2.75, 3.05) is 5.32 Å². The van der Waals surface area contributed by atoms with Crippen molar-refractivity contribution < 1.29 is 27.9 Å². The number of carboxylic acids is 1. The van der Waals surface area contributed by atoms with Gasteiger partial charge in [-0.3, -0.25) is 4.79 Å². The molecule has 36 heavy (non-hydrogen) atoms. The molecule has 13 heteroatoms. The zero-order valence-corrected chi connectivity index (χ0v) is 20.4. The number of rotatable bonds is 10. The minimum atomic E-state index is -2.81. The Morgan fingerprint density at radius 1 is 1.33 bits per heavy atom. The maximum absolute atomic E-state index is 13.1. The third-order valence-electron chi connectivity index (χ3n) is 6.15. The van der Waals surface area contributed by atoms with E-state index >= 15 is 0 Å². The first kappa shape index (κ1) is 25.5. The van der Waals surface area contributed by atoms with Crippen molar-refractivity contribution in [2.45, 2.75) is 70.9 Å². The van der Waals surface area contributed by atoms with Crippen molar-refractivity contribution in [1.29, 1.82) is 0 Å². The van der Waals surface area contributed by atoms with Crippen molar-refractivity contribution >= 4 is 11.9 Å². The molecule has 0 bridgehead atoms. The summed E-state index contributed by atoms with van der Waals surface area (Å²) in [7, 11) is 1.74. The van der Waals surface area contributed by atoms with E-state index < -0.39 is 11.9 Å². The van der Waals surface area contributed by atoms with Crippen LogP contribution >= 0.6 is 0 Å². The third kappa shape index (κ3) is 6.32. The molecule has 1 aliphatic rings. The van der Waals surface area contributed by atoms with E-state index in [1.807, 2.05) is 13.0 Å². The van der Waals surface area contributed by atoms with Crippen LogP contribution in [-0.2, 0) is 24.8 Å². The van der Waals surface area contributed by atoms with E-state index in [0.29, 0.717) is 41.4 Å². The average molecular weight is 506 g/mol. The number of hydrogen-bond acceptors (Lipinski definition) is 9. The second-order valence-electron chi connectivity index (χ2n) is 9.17. The summed E-state index contributed by atoms with van der Waals surface area (Å²) in [6, 6.07) is 3.59. The van der Waals surface area contributed by atoms with Crippen LogP contribution in [0.3, 0.4) is 0 Å². The molecule has 3 heterocycles. The van der Waals surface area contributed by atoms with Crippen LogP contribution in [0.4, 0.5) is 14.7 Å². The number of aliphatic carboxylic acids is 1. The summed E-state index contributed by atoms with van der Waals surface area (Å²) in [6.07, 6.45) is 2.22. The number of aryl methyl sites for hydroxylation is 3. The fraction of sp³-hybridized carbons (Fsp3) is 0.565. The first-order valence-electron chi connectivity index (χ1n) is 11.8. The highest BCUT2D eigenvalue weighted by molar-refractivity contribution is 5.70. The van der Waals surface area contributed by atoms with Gasteiger partial charge in [0, 0.05) is 19.9 Å². The molecule has 11 nitrogen and oxygen atoms in total. The molecule has 3 aromatic heterocycles. The second kappa shape index (κ2) is 10.5. The van der Waals surface area contributed by atoms with Crippen LogP contribution < -0.4 is 10.1 Å². The number of carboxylic acid groups (broad SMARTS) is 1. The summed E-state index contributed by atoms with van der Waals surface area (Å²) >= 11 is 0. The first-order chi connectivity index (χ1) is 17.1. The molecule has 4 rings (SSSR count). The molecule has 1 fully saturated rings. The van der Waals surface area contributed by atoms with Gasteiger partial charge >= 0.3 is 5.97 Å². The Labute approximate surface area is 206 Å². The zero-order chi connectivity index (χ0) is 25.9. The molecular formula is C23H29F2N7O4. The van der Waals surface area contributed by atoms with E-state index in [2.05, 4.69) is 30.8 Å². The highest BCUT2D eigenvalue weighted by Gasteiger charge is 2.28. The maximum Gasteiger partial charge on any atom is 0.306 e. The SMILES string of the molecule is Cc1nc(-c2nnn(C)c2CNc2noc(CCC(C)(F)F)n2)ccc1O[C@H]1CCC[C@H](C(=O)O)C1. The number of ether oxygens (including phenoxy) is 1. The van der Waals surface area contributed by atoms with Crippen LogP contribution in [-0.4, -0.2) is 53.2 Å². The van der Waals surface area contributed by atoms with Gasteiger partial charge in [-0.2, -0.15) is 4.98 Å². The van der Waals surface area contributed by atoms with Crippen LogP contribution in [0.1, 0.15) is 56.3 Å². The molecule has 194 valence electrons. The molecule has 0 spiro atoms. The number of halogens is 2. The highest BCUT2D eigenvalue weighted by Crippen LogP contribution is 2.30. The van der Waals surface area contributed by atoms with E-state index in [1.165, 1.54) is 0 Å². The molecule has 0 radical (unpaired) electrons. The van der Waals surface area contributed by atoms with Crippen LogP contribution in [0.25, 0.3) is 11.4 Å². The zero-order valence-electron chi connectivity index (χ0n) is 20.4. The summed E-state index contributed by atoms with van der Waals surface area (Å²) in [5.41, 5.74) is 2.51. The fourth-order valence-electron chi connectivity index (χ4n) is 4.15. The smallest absolute Gasteiger partial charge is 0.306 e. The molecule has 2 N–H and O–H groups in total. The lowest BCUT2D eigenvalue weighted by Gasteiger charge is -2.27. The summed E-state index contributed by atoms with van der Waals surface area (Å²) in [4.78, 5) is 20.1. The Balaban J connectivity index is 1.42. The Hall–Kier alpha value is -3.64. The standard InChI is InChI=1S/C23H29F2N7O4/c1-13-18(35-15-6-4-5-14(11-15)21(33)34)8-7-16(27-13)20-17(32(3)31-29-20)12-26-22-28-19(36-30-22)9-10-23(2,24)25/h7-8,14-15H,4-6,9-12H2,1-3H3,(H,26,30)(H,33,34)/t14-,15-/m0/s1. The Bertz CT molecular complexity index is 1210. The molecule has 0 unspecified atom stereocenters. The van der Waals surface area contributed by atoms with Crippen molar-refractivity contribution in [3.05, 3.63) is 29.4 Å². The second-order valence-corrected chi connectivity index (χ2v) is 9.17. The van der Waals surface area contributed by atoms with Gasteiger partial charge in [0.15, 0.2) is 0 Å². The number of aromatic nitrogens is 6. The lowest BCUT2D eigenvalue weighted by Crippen LogP contribution is -2.29. The molecule has 0 saturated heterocycles. The van der Waals surface area contributed by atoms with Crippen molar-refractivity contribution in [3.63, 3.8) is 0 Å². The number of pyridine rings is 1. The molecule has 1 saturated carbocycles. The average Bonchev–Trinajstić information content (AvgIpc) is 3.43. The summed E-state index contributed by atoms with van der Waals surface area (Å²) < 4.78 is 38.8. The monoisotopic (exact) mass is 505 g/mol. The van der Waals surface area contributed by atoms with Gasteiger partial charge in [-0.15, -0.1) is 5.10 Å². The number of nitrogens with one attached hydrogen (secondary N) is 1. The number of alkyl halides is 2. The van der Waals surface area contributed by atoms with Gasteiger partial charge in [0.05, 0.1) is 35.6 Å². The summed E-state index contributed by atoms with van der Waals surface area (Å²) in [6.45, 7) is 2.92. The van der Waals surface area contributed by atoms with Gasteiger partial charge in [-0.25, -0.2) is 18.4 Å². The summed E-state index contributed by atoms with van der Waals surface area (Å²) in [5, 5.41) is 24.4. The number of anilines is 1. The van der Waals surface area contributed by atoms with Crippen LogP contribution in [0.2, 0.25) is 0 Å². The number of carbonyl (C=O) groups is 1. The molecule has 0 amide bonds. The van der Waals surface area contributed by atoms with E-state index in [1.54, 1.807) is 17.8 Å².